The Morgan fingerprint density at radius 2 is 0.676 bits per heavy atom. The van der Waals surface area contributed by atoms with Crippen molar-refractivity contribution in [2.75, 3.05) is 69.6 Å². The first-order valence-electron chi connectivity index (χ1n) is 21.9. The summed E-state index contributed by atoms with van der Waals surface area (Å²) < 4.78 is 0. The number of hydrogen-bond acceptors (Lipinski definition) is 16. The lowest BCUT2D eigenvalue weighted by molar-refractivity contribution is 0.100. The van der Waals surface area contributed by atoms with E-state index in [0.29, 0.717) is 79.2 Å². The van der Waals surface area contributed by atoms with Crippen molar-refractivity contribution in [1.82, 2.24) is 19.9 Å². The van der Waals surface area contributed by atoms with Gasteiger partial charge in [-0.05, 0) is 69.3 Å². The van der Waals surface area contributed by atoms with Crippen LogP contribution in [0.2, 0.25) is 0 Å². The zero-order valence-electron chi connectivity index (χ0n) is 40.0. The number of carbonyl (C=O) groups is 4. The predicted octanol–water partition coefficient (Wildman–Crippen LogP) is 7.49. The van der Waals surface area contributed by atoms with Gasteiger partial charge in [0.05, 0.1) is 37.4 Å². The van der Waals surface area contributed by atoms with Crippen LogP contribution in [-0.2, 0) is 16.2 Å². The molecule has 3 aromatic carbocycles. The molecule has 2 aromatic heterocycles. The highest BCUT2D eigenvalue weighted by atomic mass is 32.2. The monoisotopic (exact) mass is 981 g/mol. The Morgan fingerprint density at radius 1 is 0.426 bits per heavy atom. The molecule has 0 aliphatic heterocycles. The molecule has 5 aromatic rings. The van der Waals surface area contributed by atoms with Gasteiger partial charge in [0, 0.05) is 60.4 Å². The third-order valence-electron chi connectivity index (χ3n) is 10.3. The number of thioether (sulfide) groups is 3. The summed E-state index contributed by atoms with van der Waals surface area (Å²) in [6, 6.07) is 13.8. The van der Waals surface area contributed by atoms with Gasteiger partial charge < -0.3 is 49.9 Å². The Morgan fingerprint density at radius 3 is 0.941 bits per heavy atom. The minimum atomic E-state index is -0.636. The van der Waals surface area contributed by atoms with Crippen LogP contribution in [-0.4, -0.2) is 80.5 Å². The second-order valence-electron chi connectivity index (χ2n) is 18.8. The number of nitrogens with one attached hydrogen (secondary N) is 4. The molecule has 0 saturated carbocycles. The minimum absolute atomic E-state index is 0.0554. The van der Waals surface area contributed by atoms with Gasteiger partial charge in [0.25, 0.3) is 23.6 Å². The van der Waals surface area contributed by atoms with E-state index in [1.54, 1.807) is 0 Å². The summed E-state index contributed by atoms with van der Waals surface area (Å²) in [5.74, 6) is -0.835. The lowest BCUT2D eigenvalue weighted by Gasteiger charge is -2.24. The summed E-state index contributed by atoms with van der Waals surface area (Å²) in [7, 11) is 0. The van der Waals surface area contributed by atoms with Gasteiger partial charge in [0.15, 0.2) is 0 Å². The van der Waals surface area contributed by atoms with Crippen molar-refractivity contribution in [3.8, 4) is 0 Å². The van der Waals surface area contributed by atoms with E-state index in [1.165, 1.54) is 47.4 Å². The van der Waals surface area contributed by atoms with Crippen molar-refractivity contribution in [3.63, 3.8) is 0 Å². The first kappa shape index (κ1) is 53.2. The third kappa shape index (κ3) is 13.7. The molecule has 4 amide bonds. The summed E-state index contributed by atoms with van der Waals surface area (Å²) in [5, 5.41) is 11.8. The van der Waals surface area contributed by atoms with E-state index < -0.39 is 29.0 Å². The van der Waals surface area contributed by atoms with E-state index in [4.69, 9.17) is 28.7 Å². The average Bonchev–Trinajstić information content (AvgIpc) is 3.27. The van der Waals surface area contributed by atoms with Gasteiger partial charge in [-0.25, -0.2) is 19.9 Å². The maximum Gasteiger partial charge on any atom is 0.274 e. The number of nitrogen functional groups attached to an aromatic ring is 2. The fraction of sp³-hybridized carbons (Fsp3) is 0.375. The number of nitrogens with zero attached hydrogens (tertiary/aromatic N) is 4. The maximum atomic E-state index is 14.1. The first-order valence-corrected chi connectivity index (χ1v) is 24.8. The summed E-state index contributed by atoms with van der Waals surface area (Å²) >= 11 is 4.18. The largest absolute Gasteiger partial charge is 0.398 e. The SMILES string of the molecule is CC(C)(C)c1cc(N)c(SCCN)c(NC(=O)c2cc(C(=O)Nc3cc(C(C)(C)C)cc(NC(=O)c4cc(C(=O)Nc5cc(C(C)(C)C)cc(N)c5SCCN)ncn4)c3SCCN)ncn2)c1. The van der Waals surface area contributed by atoms with E-state index in [0.717, 1.165) is 29.3 Å². The molecule has 0 saturated heterocycles. The van der Waals surface area contributed by atoms with Gasteiger partial charge in [-0.15, -0.1) is 35.3 Å². The number of rotatable bonds is 17. The molecule has 20 heteroatoms. The number of nitrogens with two attached hydrogens (primary N) is 5. The molecule has 0 unspecified atom stereocenters. The van der Waals surface area contributed by atoms with Crippen molar-refractivity contribution in [2.24, 2.45) is 17.2 Å². The Kier molecular flexibility index (Phi) is 17.6. The third-order valence-corrected chi connectivity index (χ3v) is 13.8. The second kappa shape index (κ2) is 22.6. The van der Waals surface area contributed by atoms with E-state index in [2.05, 4.69) is 41.2 Å². The molecular weight excluding hydrogens is 919 g/mol. The van der Waals surface area contributed by atoms with Crippen LogP contribution in [0.4, 0.5) is 34.1 Å². The normalized spacial score (nSPS) is 11.8. The standard InChI is InChI=1S/C48H63N13O4S3/c1-46(2,3)26-16-29(52)39(66-13-10-49)31(18-26)58-42(62)35-22-37(56-24-54-35)44(64)60-33-20-28(48(7,8)9)21-34(41(33)68-15-12-51)61-45(65)38-23-36(55-25-57-38)43(63)59-32-19-27(47(4,5)6)17-30(53)40(32)67-14-11-50/h16-25H,10-15,49-53H2,1-9H3,(H,58,62)(H,59,63)(H,60,64)(H,61,65). The van der Waals surface area contributed by atoms with Crippen LogP contribution >= 0.6 is 35.3 Å². The van der Waals surface area contributed by atoms with Crippen LogP contribution < -0.4 is 49.9 Å². The zero-order valence-corrected chi connectivity index (χ0v) is 42.5. The molecule has 14 N–H and O–H groups in total. The lowest BCUT2D eigenvalue weighted by atomic mass is 9.86. The number of anilines is 6. The number of benzene rings is 3. The first-order chi connectivity index (χ1) is 31.9. The highest BCUT2D eigenvalue weighted by molar-refractivity contribution is 8.00. The molecule has 17 nitrogen and oxygen atoms in total. The van der Waals surface area contributed by atoms with E-state index in [1.807, 2.05) is 98.7 Å². The van der Waals surface area contributed by atoms with Crippen molar-refractivity contribution in [1.29, 1.82) is 0 Å². The quantitative estimate of drug-likeness (QED) is 0.0322. The molecule has 0 aliphatic rings. The molecule has 68 heavy (non-hydrogen) atoms. The Balaban J connectivity index is 1.45. The summed E-state index contributed by atoms with van der Waals surface area (Å²) in [5.41, 5.74) is 34.6. The smallest absolute Gasteiger partial charge is 0.274 e. The van der Waals surface area contributed by atoms with E-state index in [-0.39, 0.29) is 40.2 Å². The summed E-state index contributed by atoms with van der Waals surface area (Å²) in [6.07, 6.45) is 2.28. The van der Waals surface area contributed by atoms with Crippen LogP contribution in [0.25, 0.3) is 0 Å². The number of aromatic nitrogens is 4. The van der Waals surface area contributed by atoms with Gasteiger partial charge in [0.2, 0.25) is 0 Å². The fourth-order valence-corrected chi connectivity index (χ4v) is 9.00. The van der Waals surface area contributed by atoms with Gasteiger partial charge in [-0.3, -0.25) is 19.2 Å². The molecule has 0 spiro atoms. The molecule has 0 fully saturated rings. The van der Waals surface area contributed by atoms with Crippen molar-refractivity contribution in [2.45, 2.75) is 93.2 Å². The minimum Gasteiger partial charge on any atom is -0.398 e. The molecule has 0 bridgehead atoms. The van der Waals surface area contributed by atoms with Crippen molar-refractivity contribution in [3.05, 3.63) is 101 Å². The van der Waals surface area contributed by atoms with Crippen molar-refractivity contribution < 1.29 is 19.2 Å². The molecule has 0 aliphatic carbocycles. The number of carbonyl (C=O) groups excluding carboxylic acids is 4. The molecule has 0 radical (unpaired) electrons. The zero-order chi connectivity index (χ0) is 50.1. The van der Waals surface area contributed by atoms with E-state index >= 15 is 0 Å². The summed E-state index contributed by atoms with van der Waals surface area (Å²) in [6.45, 7) is 19.4. The molecule has 362 valence electrons. The van der Waals surface area contributed by atoms with Crippen LogP contribution in [0.5, 0.6) is 0 Å². The van der Waals surface area contributed by atoms with E-state index in [9.17, 15) is 19.2 Å². The molecule has 5 rings (SSSR count). The van der Waals surface area contributed by atoms with Crippen LogP contribution in [0.1, 0.15) is 121 Å². The van der Waals surface area contributed by atoms with Crippen LogP contribution in [0.3, 0.4) is 0 Å². The molecular formula is C48H63N13O4S3. The Hall–Kier alpha value is -5.77. The fourth-order valence-electron chi connectivity index (χ4n) is 6.52. The highest BCUT2D eigenvalue weighted by Gasteiger charge is 2.26. The van der Waals surface area contributed by atoms with Gasteiger partial charge >= 0.3 is 0 Å². The van der Waals surface area contributed by atoms with Gasteiger partial charge in [-0.2, -0.15) is 0 Å². The second-order valence-corrected chi connectivity index (χ2v) is 22.2. The molecule has 2 heterocycles. The van der Waals surface area contributed by atoms with Gasteiger partial charge in [-0.1, -0.05) is 62.3 Å². The predicted molar refractivity (Wildman–Crippen MR) is 279 cm³/mol. The van der Waals surface area contributed by atoms with Crippen molar-refractivity contribution >= 4 is 93.0 Å². The Labute approximate surface area is 410 Å². The molecule has 0 atom stereocenters. The Bertz CT molecular complexity index is 2510. The maximum absolute atomic E-state index is 14.1. The lowest BCUT2D eigenvalue weighted by Crippen LogP contribution is -2.22. The highest BCUT2D eigenvalue weighted by Crippen LogP contribution is 2.41. The topological polar surface area (TPSA) is 298 Å². The number of hydrogen-bond donors (Lipinski definition) is 9. The van der Waals surface area contributed by atoms with Gasteiger partial charge in [0.1, 0.15) is 35.4 Å². The summed E-state index contributed by atoms with van der Waals surface area (Å²) in [4.78, 5) is 74.4. The average molecular weight is 982 g/mol. The van der Waals surface area contributed by atoms with Crippen LogP contribution in [0, 0.1) is 0 Å². The van der Waals surface area contributed by atoms with Crippen LogP contribution in [0.15, 0.2) is 75.9 Å². The number of amides is 4.